The molecule has 182 valence electrons. The Morgan fingerprint density at radius 1 is 1.25 bits per heavy atom. The van der Waals surface area contributed by atoms with Crippen LogP contribution in [0.25, 0.3) is 0 Å². The monoisotopic (exact) mass is 521 g/mol. The maximum absolute atomic E-state index is 13.2. The SMILES string of the molecule is CC1=C(C(=O)[O-])N2C(=O)C(NC(=O)[C@H](NC(=O)Nc3cnc(N)[nH]c3=O)c3ccccc3)[C@H]2SC1.[Na+]. The van der Waals surface area contributed by atoms with Crippen molar-refractivity contribution in [3.8, 4) is 0 Å². The molecule has 1 saturated heterocycles. The van der Waals surface area contributed by atoms with E-state index in [9.17, 15) is 29.1 Å². The van der Waals surface area contributed by atoms with Crippen molar-refractivity contribution in [2.45, 2.75) is 24.4 Å². The van der Waals surface area contributed by atoms with Crippen LogP contribution in [0.5, 0.6) is 0 Å². The first-order chi connectivity index (χ1) is 16.7. The third-order valence-electron chi connectivity index (χ3n) is 5.39. The van der Waals surface area contributed by atoms with Gasteiger partial charge in [-0.1, -0.05) is 30.3 Å². The van der Waals surface area contributed by atoms with Crippen LogP contribution >= 0.6 is 11.8 Å². The molecule has 36 heavy (non-hydrogen) atoms. The fourth-order valence-corrected chi connectivity index (χ4v) is 5.02. The second-order valence-electron chi connectivity index (χ2n) is 7.77. The van der Waals surface area contributed by atoms with Gasteiger partial charge in [0.1, 0.15) is 23.1 Å². The maximum atomic E-state index is 13.2. The Bertz CT molecular complexity index is 1300. The summed E-state index contributed by atoms with van der Waals surface area (Å²) in [5.41, 5.74) is 5.23. The van der Waals surface area contributed by atoms with Crippen molar-refractivity contribution < 1.29 is 53.8 Å². The number of amides is 4. The Balaban J connectivity index is 0.00000361. The number of H-pyrrole nitrogens is 1. The summed E-state index contributed by atoms with van der Waals surface area (Å²) < 4.78 is 0. The van der Waals surface area contributed by atoms with Gasteiger partial charge in [-0.25, -0.2) is 9.78 Å². The Morgan fingerprint density at radius 2 is 1.94 bits per heavy atom. The van der Waals surface area contributed by atoms with Gasteiger partial charge in [0.2, 0.25) is 5.91 Å². The molecule has 2 aromatic rings. The topological polar surface area (TPSA) is 202 Å². The average molecular weight is 521 g/mol. The Labute approximate surface area is 230 Å². The number of aromatic nitrogens is 2. The van der Waals surface area contributed by atoms with Crippen LogP contribution in [0.3, 0.4) is 0 Å². The van der Waals surface area contributed by atoms with Crippen molar-refractivity contribution >= 4 is 47.2 Å². The fourth-order valence-electron chi connectivity index (χ4n) is 3.73. The summed E-state index contributed by atoms with van der Waals surface area (Å²) in [7, 11) is 0. The van der Waals surface area contributed by atoms with Gasteiger partial charge in [-0.2, -0.15) is 0 Å². The molecule has 3 heterocycles. The van der Waals surface area contributed by atoms with E-state index in [0.29, 0.717) is 16.9 Å². The van der Waals surface area contributed by atoms with E-state index in [1.807, 2.05) is 0 Å². The number of hydrogen-bond donors (Lipinski definition) is 5. The Morgan fingerprint density at radius 3 is 2.58 bits per heavy atom. The summed E-state index contributed by atoms with van der Waals surface area (Å²) in [5.74, 6) is -2.52. The number of aliphatic carboxylic acids is 1. The molecule has 3 atom stereocenters. The van der Waals surface area contributed by atoms with Gasteiger partial charge in [-0.05, 0) is 18.1 Å². The molecular formula is C21H20N7NaO6S. The molecular weight excluding hydrogens is 501 g/mol. The first-order valence-electron chi connectivity index (χ1n) is 10.3. The van der Waals surface area contributed by atoms with E-state index in [-0.39, 0.29) is 46.9 Å². The predicted octanol–water partition coefficient (Wildman–Crippen LogP) is -4.36. The standard InChI is InChI=1S/C21H21N7O6S.Na/c1-9-8-35-18-13(17(31)28(18)14(9)19(32)33)25-16(30)12(10-5-3-2-4-6-10)26-21(34)24-11-7-23-20(22)27-15(11)29;/h2-7,12-13,18H,8H2,1H3,(H,25,30)(H,32,33)(H2,24,26,34)(H3,22,23,27,29);/q;+1/p-1/t12-,13?,18-;/m1./s1. The molecule has 13 nitrogen and oxygen atoms in total. The number of benzene rings is 1. The van der Waals surface area contributed by atoms with Crippen molar-refractivity contribution in [3.63, 3.8) is 0 Å². The Kier molecular flexibility index (Phi) is 8.45. The number of hydrogen-bond acceptors (Lipinski definition) is 9. The third kappa shape index (κ3) is 5.41. The number of urea groups is 1. The molecule has 1 fully saturated rings. The molecule has 6 N–H and O–H groups in total. The average Bonchev–Trinajstić information content (AvgIpc) is 2.82. The van der Waals surface area contributed by atoms with Gasteiger partial charge in [0.25, 0.3) is 11.5 Å². The van der Waals surface area contributed by atoms with E-state index in [4.69, 9.17) is 5.73 Å². The van der Waals surface area contributed by atoms with E-state index in [0.717, 1.165) is 11.1 Å². The molecule has 2 aliphatic rings. The van der Waals surface area contributed by atoms with Crippen molar-refractivity contribution in [2.75, 3.05) is 16.8 Å². The van der Waals surface area contributed by atoms with Gasteiger partial charge in [-0.15, -0.1) is 11.8 Å². The first-order valence-corrected chi connectivity index (χ1v) is 11.4. The van der Waals surface area contributed by atoms with Gasteiger partial charge in [-0.3, -0.25) is 24.3 Å². The van der Waals surface area contributed by atoms with Crippen molar-refractivity contribution in [3.05, 3.63) is 63.7 Å². The van der Waals surface area contributed by atoms with Crippen molar-refractivity contribution in [2.24, 2.45) is 0 Å². The predicted molar refractivity (Wildman–Crippen MR) is 123 cm³/mol. The van der Waals surface area contributed by atoms with Crippen LogP contribution < -0.4 is 61.9 Å². The largest absolute Gasteiger partial charge is 1.00 e. The number of carbonyl (C=O) groups excluding carboxylic acids is 4. The number of fused-ring (bicyclic) bond motifs is 1. The zero-order chi connectivity index (χ0) is 25.3. The minimum absolute atomic E-state index is 0. The summed E-state index contributed by atoms with van der Waals surface area (Å²) in [6, 6.07) is 5.16. The van der Waals surface area contributed by atoms with Crippen molar-refractivity contribution in [1.29, 1.82) is 0 Å². The minimum Gasteiger partial charge on any atom is -0.543 e. The third-order valence-corrected chi connectivity index (χ3v) is 6.81. The van der Waals surface area contributed by atoms with Crippen LogP contribution in [0.4, 0.5) is 16.4 Å². The van der Waals surface area contributed by atoms with Gasteiger partial charge in [0, 0.05) is 5.75 Å². The van der Waals surface area contributed by atoms with Gasteiger partial charge in [0.05, 0.1) is 17.9 Å². The molecule has 1 unspecified atom stereocenters. The van der Waals surface area contributed by atoms with Gasteiger partial charge >= 0.3 is 35.6 Å². The molecule has 2 aliphatic heterocycles. The zero-order valence-electron chi connectivity index (χ0n) is 19.2. The van der Waals surface area contributed by atoms with Crippen LogP contribution in [0.1, 0.15) is 18.5 Å². The number of nitrogens with one attached hydrogen (secondary N) is 4. The summed E-state index contributed by atoms with van der Waals surface area (Å²) in [5, 5.41) is 18.2. The van der Waals surface area contributed by atoms with E-state index in [1.165, 1.54) is 11.8 Å². The molecule has 15 heteroatoms. The van der Waals surface area contributed by atoms with E-state index in [2.05, 4.69) is 25.9 Å². The number of rotatable bonds is 6. The number of β-lactam (4-membered cyclic amide) rings is 1. The van der Waals surface area contributed by atoms with Gasteiger partial charge in [0.15, 0.2) is 5.95 Å². The number of thioether (sulfide) groups is 1. The van der Waals surface area contributed by atoms with Crippen LogP contribution in [0, 0.1) is 0 Å². The van der Waals surface area contributed by atoms with Crippen molar-refractivity contribution in [1.82, 2.24) is 25.5 Å². The minimum atomic E-state index is -1.46. The molecule has 0 bridgehead atoms. The smallest absolute Gasteiger partial charge is 0.543 e. The second kappa shape index (κ2) is 11.2. The molecule has 4 amide bonds. The molecule has 0 saturated carbocycles. The van der Waals surface area contributed by atoms with E-state index in [1.54, 1.807) is 37.3 Å². The first kappa shape index (κ1) is 27.3. The van der Waals surface area contributed by atoms with Crippen LogP contribution in [0.15, 0.2) is 52.6 Å². The number of nitrogen functional groups attached to an aromatic ring is 1. The number of carbonyl (C=O) groups is 4. The molecule has 0 aliphatic carbocycles. The Hall–Kier alpha value is -3.33. The molecule has 1 aromatic carbocycles. The van der Waals surface area contributed by atoms with Crippen LogP contribution in [0.2, 0.25) is 0 Å². The number of carboxylic acids is 1. The molecule has 1 aromatic heterocycles. The summed E-state index contributed by atoms with van der Waals surface area (Å²) in [6.45, 7) is 1.60. The fraction of sp³-hybridized carbons (Fsp3) is 0.238. The maximum Gasteiger partial charge on any atom is 1.00 e. The summed E-state index contributed by atoms with van der Waals surface area (Å²) in [4.78, 5) is 68.9. The summed E-state index contributed by atoms with van der Waals surface area (Å²) >= 11 is 1.31. The number of nitrogens with zero attached hydrogens (tertiary/aromatic N) is 2. The quantitative estimate of drug-likeness (QED) is 0.184. The van der Waals surface area contributed by atoms with E-state index >= 15 is 0 Å². The number of anilines is 2. The number of aromatic amines is 1. The zero-order valence-corrected chi connectivity index (χ0v) is 22.0. The second-order valence-corrected chi connectivity index (χ2v) is 8.87. The number of carboxylic acid groups (broad SMARTS) is 1. The molecule has 0 radical (unpaired) electrons. The number of nitrogens with two attached hydrogens (primary N) is 1. The molecule has 4 rings (SSSR count). The van der Waals surface area contributed by atoms with Gasteiger partial charge < -0.3 is 31.6 Å². The molecule has 0 spiro atoms. The van der Waals surface area contributed by atoms with Crippen LogP contribution in [-0.4, -0.2) is 55.9 Å². The van der Waals surface area contributed by atoms with E-state index < -0.39 is 46.8 Å². The normalized spacial score (nSPS) is 19.2. The van der Waals surface area contributed by atoms with Crippen LogP contribution in [-0.2, 0) is 14.4 Å². The summed E-state index contributed by atoms with van der Waals surface area (Å²) in [6.07, 6.45) is 1.07.